The van der Waals surface area contributed by atoms with Crippen molar-refractivity contribution in [1.82, 2.24) is 15.1 Å². The van der Waals surface area contributed by atoms with E-state index >= 15 is 0 Å². The van der Waals surface area contributed by atoms with E-state index in [0.717, 1.165) is 12.8 Å². The number of amides is 1. The molecule has 88 valence electrons. The van der Waals surface area contributed by atoms with Crippen LogP contribution in [-0.4, -0.2) is 21.7 Å². The lowest BCUT2D eigenvalue weighted by Crippen LogP contribution is -2.33. The second-order valence-corrected chi connectivity index (χ2v) is 5.45. The highest BCUT2D eigenvalue weighted by atomic mass is 16.2. The smallest absolute Gasteiger partial charge is 0.271 e. The fraction of sp³-hybridized carbons (Fsp3) is 0.667. The summed E-state index contributed by atoms with van der Waals surface area (Å²) >= 11 is 0. The highest BCUT2D eigenvalue weighted by Gasteiger charge is 2.31. The van der Waals surface area contributed by atoms with Crippen LogP contribution in [0.4, 0.5) is 0 Å². The largest absolute Gasteiger partial charge is 0.348 e. The SMILES string of the molecule is Cn1ccc(C(=O)NC2CCC(C)(C)C2)n1. The predicted octanol–water partition coefficient (Wildman–Crippen LogP) is 1.73. The lowest BCUT2D eigenvalue weighted by Gasteiger charge is -2.17. The first-order valence-electron chi connectivity index (χ1n) is 5.77. The van der Waals surface area contributed by atoms with E-state index in [2.05, 4.69) is 24.3 Å². The first kappa shape index (κ1) is 11.2. The quantitative estimate of drug-likeness (QED) is 0.826. The molecule has 1 heterocycles. The Kier molecular flexibility index (Phi) is 2.74. The van der Waals surface area contributed by atoms with Crippen molar-refractivity contribution < 1.29 is 4.79 Å². The molecule has 1 saturated carbocycles. The van der Waals surface area contributed by atoms with Crippen molar-refractivity contribution in [2.45, 2.75) is 39.2 Å². The van der Waals surface area contributed by atoms with E-state index in [1.807, 2.05) is 7.05 Å². The molecule has 0 aromatic carbocycles. The number of aryl methyl sites for hydroxylation is 1. The first-order chi connectivity index (χ1) is 7.46. The van der Waals surface area contributed by atoms with Crippen LogP contribution < -0.4 is 5.32 Å². The summed E-state index contributed by atoms with van der Waals surface area (Å²) in [7, 11) is 1.81. The highest BCUT2D eigenvalue weighted by Crippen LogP contribution is 2.36. The maximum Gasteiger partial charge on any atom is 0.271 e. The normalized spacial score (nSPS) is 23.3. The van der Waals surface area contributed by atoms with E-state index in [-0.39, 0.29) is 5.91 Å². The van der Waals surface area contributed by atoms with E-state index in [4.69, 9.17) is 0 Å². The van der Waals surface area contributed by atoms with Gasteiger partial charge in [-0.05, 0) is 30.7 Å². The molecular weight excluding hydrogens is 202 g/mol. The van der Waals surface area contributed by atoms with E-state index in [0.29, 0.717) is 17.2 Å². The molecule has 0 bridgehead atoms. The fourth-order valence-electron chi connectivity index (χ4n) is 2.35. The topological polar surface area (TPSA) is 46.9 Å². The number of hydrogen-bond acceptors (Lipinski definition) is 2. The van der Waals surface area contributed by atoms with Gasteiger partial charge in [-0.15, -0.1) is 0 Å². The maximum atomic E-state index is 11.8. The molecule has 1 amide bonds. The maximum absolute atomic E-state index is 11.8. The van der Waals surface area contributed by atoms with Gasteiger partial charge < -0.3 is 5.32 Å². The summed E-state index contributed by atoms with van der Waals surface area (Å²) in [4.78, 5) is 11.8. The summed E-state index contributed by atoms with van der Waals surface area (Å²) < 4.78 is 1.65. The van der Waals surface area contributed by atoms with Crippen LogP contribution in [0.3, 0.4) is 0 Å². The minimum atomic E-state index is -0.0525. The molecule has 1 aromatic rings. The third kappa shape index (κ3) is 2.43. The minimum absolute atomic E-state index is 0.0525. The van der Waals surface area contributed by atoms with Crippen molar-refractivity contribution in [3.63, 3.8) is 0 Å². The first-order valence-corrected chi connectivity index (χ1v) is 5.77. The molecule has 1 aliphatic rings. The summed E-state index contributed by atoms with van der Waals surface area (Å²) in [6.07, 6.45) is 5.10. The average Bonchev–Trinajstić information content (AvgIpc) is 2.73. The molecule has 0 spiro atoms. The molecule has 1 aliphatic carbocycles. The molecular formula is C12H19N3O. The van der Waals surface area contributed by atoms with Gasteiger partial charge in [0.2, 0.25) is 0 Å². The highest BCUT2D eigenvalue weighted by molar-refractivity contribution is 5.92. The van der Waals surface area contributed by atoms with Gasteiger partial charge in [-0.1, -0.05) is 13.8 Å². The Bertz CT molecular complexity index is 395. The molecule has 16 heavy (non-hydrogen) atoms. The molecule has 0 saturated heterocycles. The molecule has 4 heteroatoms. The number of carbonyl (C=O) groups excluding carboxylic acids is 1. The van der Waals surface area contributed by atoms with Crippen LogP contribution in [0.5, 0.6) is 0 Å². The van der Waals surface area contributed by atoms with Crippen molar-refractivity contribution in [1.29, 1.82) is 0 Å². The van der Waals surface area contributed by atoms with Crippen molar-refractivity contribution in [3.8, 4) is 0 Å². The summed E-state index contributed by atoms with van der Waals surface area (Å²) in [5.74, 6) is -0.0525. The Balaban J connectivity index is 1.94. The number of carbonyl (C=O) groups is 1. The van der Waals surface area contributed by atoms with Gasteiger partial charge in [-0.3, -0.25) is 9.48 Å². The molecule has 0 radical (unpaired) electrons. The van der Waals surface area contributed by atoms with Gasteiger partial charge in [0, 0.05) is 19.3 Å². The van der Waals surface area contributed by atoms with Crippen LogP contribution in [0.1, 0.15) is 43.6 Å². The van der Waals surface area contributed by atoms with Crippen molar-refractivity contribution in [2.24, 2.45) is 12.5 Å². The fourth-order valence-corrected chi connectivity index (χ4v) is 2.35. The van der Waals surface area contributed by atoms with Gasteiger partial charge in [-0.25, -0.2) is 0 Å². The molecule has 1 unspecified atom stereocenters. The average molecular weight is 221 g/mol. The lowest BCUT2D eigenvalue weighted by atomic mass is 9.92. The zero-order chi connectivity index (χ0) is 11.8. The van der Waals surface area contributed by atoms with Crippen LogP contribution in [0.25, 0.3) is 0 Å². The monoisotopic (exact) mass is 221 g/mol. The Hall–Kier alpha value is -1.32. The van der Waals surface area contributed by atoms with Crippen LogP contribution in [-0.2, 0) is 7.05 Å². The number of hydrogen-bond donors (Lipinski definition) is 1. The lowest BCUT2D eigenvalue weighted by molar-refractivity contribution is 0.0930. The Labute approximate surface area is 96.0 Å². The number of nitrogens with zero attached hydrogens (tertiary/aromatic N) is 2. The van der Waals surface area contributed by atoms with Crippen LogP contribution in [0, 0.1) is 5.41 Å². The number of rotatable bonds is 2. The number of aromatic nitrogens is 2. The van der Waals surface area contributed by atoms with Gasteiger partial charge in [-0.2, -0.15) is 5.10 Å². The Morgan fingerprint density at radius 3 is 2.88 bits per heavy atom. The molecule has 2 rings (SSSR count). The van der Waals surface area contributed by atoms with Gasteiger partial charge in [0.05, 0.1) is 0 Å². The van der Waals surface area contributed by atoms with Gasteiger partial charge >= 0.3 is 0 Å². The van der Waals surface area contributed by atoms with Gasteiger partial charge in [0.1, 0.15) is 5.69 Å². The van der Waals surface area contributed by atoms with Crippen molar-refractivity contribution >= 4 is 5.91 Å². The second-order valence-electron chi connectivity index (χ2n) is 5.45. The second kappa shape index (κ2) is 3.92. The summed E-state index contributed by atoms with van der Waals surface area (Å²) in [6, 6.07) is 2.06. The van der Waals surface area contributed by atoms with Crippen molar-refractivity contribution in [2.75, 3.05) is 0 Å². The summed E-state index contributed by atoms with van der Waals surface area (Å²) in [6.45, 7) is 4.50. The molecule has 0 aliphatic heterocycles. The third-order valence-corrected chi connectivity index (χ3v) is 3.25. The van der Waals surface area contributed by atoms with Crippen LogP contribution >= 0.6 is 0 Å². The molecule has 1 fully saturated rings. The molecule has 1 atom stereocenters. The van der Waals surface area contributed by atoms with Crippen LogP contribution in [0.2, 0.25) is 0 Å². The minimum Gasteiger partial charge on any atom is -0.348 e. The van der Waals surface area contributed by atoms with E-state index < -0.39 is 0 Å². The Morgan fingerprint density at radius 2 is 2.38 bits per heavy atom. The molecule has 1 N–H and O–H groups in total. The number of nitrogens with one attached hydrogen (secondary N) is 1. The van der Waals surface area contributed by atoms with E-state index in [1.54, 1.807) is 16.9 Å². The zero-order valence-electron chi connectivity index (χ0n) is 10.2. The summed E-state index contributed by atoms with van der Waals surface area (Å²) in [5, 5.41) is 7.14. The van der Waals surface area contributed by atoms with Gasteiger partial charge in [0.25, 0.3) is 5.91 Å². The zero-order valence-corrected chi connectivity index (χ0v) is 10.2. The molecule has 4 nitrogen and oxygen atoms in total. The standard InChI is InChI=1S/C12H19N3O/c1-12(2)6-4-9(8-12)13-11(16)10-5-7-15(3)14-10/h5,7,9H,4,6,8H2,1-3H3,(H,13,16). The van der Waals surface area contributed by atoms with Crippen molar-refractivity contribution in [3.05, 3.63) is 18.0 Å². The predicted molar refractivity (Wildman–Crippen MR) is 62.1 cm³/mol. The Morgan fingerprint density at radius 1 is 1.62 bits per heavy atom. The van der Waals surface area contributed by atoms with E-state index in [9.17, 15) is 4.79 Å². The third-order valence-electron chi connectivity index (χ3n) is 3.25. The van der Waals surface area contributed by atoms with Gasteiger partial charge in [0.15, 0.2) is 0 Å². The molecule has 1 aromatic heterocycles. The van der Waals surface area contributed by atoms with Crippen LogP contribution in [0.15, 0.2) is 12.3 Å². The van der Waals surface area contributed by atoms with E-state index in [1.165, 1.54) is 6.42 Å². The summed E-state index contributed by atoms with van der Waals surface area (Å²) in [5.41, 5.74) is 0.870.